The largest absolute Gasteiger partial charge is 0.534 e. The van der Waals surface area contributed by atoms with Gasteiger partial charge >= 0.3 is 15.6 Å². The lowest BCUT2D eigenvalue weighted by Gasteiger charge is -2.19. The van der Waals surface area contributed by atoms with Crippen LogP contribution in [0.1, 0.15) is 69.1 Å². The Morgan fingerprint density at radius 1 is 0.941 bits per heavy atom. The number of aryl methyl sites for hydroxylation is 1. The van der Waals surface area contributed by atoms with Gasteiger partial charge in [-0.05, 0) is 55.5 Å². The van der Waals surface area contributed by atoms with E-state index in [0.717, 1.165) is 37.7 Å². The van der Waals surface area contributed by atoms with Crippen LogP contribution in [0, 0.1) is 11.8 Å². The molecule has 0 fully saturated rings. The highest BCUT2D eigenvalue weighted by atomic mass is 32.2. The molecular formula is C26H32F3NO3S. The summed E-state index contributed by atoms with van der Waals surface area (Å²) in [7, 11) is -5.78. The first-order chi connectivity index (χ1) is 16.2. The standard InChI is InChI=1S/C26H32F3NO3S/c1-3-5-7-11-17-23-24(30-18-12-16-21-14-9-8-10-15-21)19-22(13-6-4-2)20-25(23)33-34(31,32)26(27,28)29/h8-10,14-15,19-20,30H,3-7,11,13,17-18H2,1-2H3. The number of halogens is 3. The molecule has 0 bridgehead atoms. The van der Waals surface area contributed by atoms with E-state index in [2.05, 4.69) is 28.3 Å². The maximum atomic E-state index is 13.1. The van der Waals surface area contributed by atoms with Gasteiger partial charge in [-0.3, -0.25) is 0 Å². The topological polar surface area (TPSA) is 55.4 Å². The Hall–Kier alpha value is -2.66. The number of rotatable bonds is 12. The first kappa shape index (κ1) is 27.6. The Bertz CT molecular complexity index is 1070. The smallest absolute Gasteiger partial charge is 0.376 e. The minimum Gasteiger partial charge on any atom is -0.376 e. The molecule has 1 N–H and O–H groups in total. The van der Waals surface area contributed by atoms with Gasteiger partial charge in [0, 0.05) is 16.8 Å². The Labute approximate surface area is 201 Å². The first-order valence-electron chi connectivity index (χ1n) is 11.6. The molecule has 0 heterocycles. The summed E-state index contributed by atoms with van der Waals surface area (Å²) in [5.74, 6) is 5.77. The molecule has 0 aliphatic rings. The van der Waals surface area contributed by atoms with Crippen LogP contribution in [0.3, 0.4) is 0 Å². The molecule has 0 amide bonds. The van der Waals surface area contributed by atoms with Crippen molar-refractivity contribution < 1.29 is 25.8 Å². The molecule has 2 rings (SSSR count). The van der Waals surface area contributed by atoms with Gasteiger partial charge in [-0.15, -0.1) is 0 Å². The lowest BCUT2D eigenvalue weighted by Crippen LogP contribution is -2.28. The number of nitrogens with one attached hydrogen (secondary N) is 1. The predicted molar refractivity (Wildman–Crippen MR) is 130 cm³/mol. The number of unbranched alkanes of at least 4 members (excludes halogenated alkanes) is 4. The second-order valence-corrected chi connectivity index (χ2v) is 9.58. The molecule has 186 valence electrons. The van der Waals surface area contributed by atoms with Gasteiger partial charge in [0.25, 0.3) is 0 Å². The van der Waals surface area contributed by atoms with Crippen molar-refractivity contribution in [1.82, 2.24) is 0 Å². The highest BCUT2D eigenvalue weighted by Gasteiger charge is 2.48. The van der Waals surface area contributed by atoms with Crippen molar-refractivity contribution >= 4 is 15.8 Å². The Balaban J connectivity index is 2.40. The lowest BCUT2D eigenvalue weighted by atomic mass is 9.99. The number of anilines is 1. The van der Waals surface area contributed by atoms with Crippen LogP contribution in [-0.4, -0.2) is 20.5 Å². The van der Waals surface area contributed by atoms with Crippen molar-refractivity contribution in [3.05, 3.63) is 59.2 Å². The van der Waals surface area contributed by atoms with Gasteiger partial charge in [0.15, 0.2) is 0 Å². The summed E-state index contributed by atoms with van der Waals surface area (Å²) < 4.78 is 67.5. The third-order valence-electron chi connectivity index (χ3n) is 5.22. The normalized spacial score (nSPS) is 11.6. The summed E-state index contributed by atoms with van der Waals surface area (Å²) in [4.78, 5) is 0. The molecule has 0 spiro atoms. The molecule has 0 saturated heterocycles. The molecule has 0 aliphatic heterocycles. The molecule has 0 saturated carbocycles. The zero-order valence-corrected chi connectivity index (χ0v) is 20.5. The maximum Gasteiger partial charge on any atom is 0.534 e. The SMILES string of the molecule is CCCCCCc1c(NCC#Cc2ccccc2)cc(CCCC)cc1OS(=O)(=O)C(F)(F)F. The summed E-state index contributed by atoms with van der Waals surface area (Å²) >= 11 is 0. The molecule has 0 radical (unpaired) electrons. The van der Waals surface area contributed by atoms with Gasteiger partial charge in [-0.2, -0.15) is 21.6 Å². The van der Waals surface area contributed by atoms with Crippen LogP contribution in [0.15, 0.2) is 42.5 Å². The molecule has 34 heavy (non-hydrogen) atoms. The fourth-order valence-corrected chi connectivity index (χ4v) is 3.90. The van der Waals surface area contributed by atoms with Crippen LogP contribution in [0.5, 0.6) is 5.75 Å². The quantitative estimate of drug-likeness (QED) is 0.152. The Morgan fingerprint density at radius 3 is 2.29 bits per heavy atom. The second-order valence-electron chi connectivity index (χ2n) is 8.04. The molecule has 2 aromatic carbocycles. The van der Waals surface area contributed by atoms with Gasteiger partial charge in [0.2, 0.25) is 0 Å². The van der Waals surface area contributed by atoms with Gasteiger partial charge in [0.1, 0.15) is 5.75 Å². The van der Waals surface area contributed by atoms with Gasteiger partial charge in [-0.1, -0.05) is 69.6 Å². The Morgan fingerprint density at radius 2 is 1.65 bits per heavy atom. The van der Waals surface area contributed by atoms with E-state index >= 15 is 0 Å². The van der Waals surface area contributed by atoms with Crippen LogP contribution in [0.4, 0.5) is 18.9 Å². The summed E-state index contributed by atoms with van der Waals surface area (Å²) in [6.45, 7) is 4.32. The summed E-state index contributed by atoms with van der Waals surface area (Å²) in [5, 5.41) is 3.18. The van der Waals surface area contributed by atoms with E-state index < -0.39 is 15.6 Å². The average molecular weight is 496 g/mol. The van der Waals surface area contributed by atoms with Crippen molar-refractivity contribution in [2.24, 2.45) is 0 Å². The van der Waals surface area contributed by atoms with E-state index in [1.165, 1.54) is 6.07 Å². The van der Waals surface area contributed by atoms with E-state index in [1.54, 1.807) is 0 Å². The van der Waals surface area contributed by atoms with Gasteiger partial charge in [0.05, 0.1) is 6.54 Å². The summed E-state index contributed by atoms with van der Waals surface area (Å²) in [6.07, 6.45) is 6.26. The van der Waals surface area contributed by atoms with Crippen LogP contribution < -0.4 is 9.50 Å². The van der Waals surface area contributed by atoms with Gasteiger partial charge in [-0.25, -0.2) is 0 Å². The van der Waals surface area contributed by atoms with E-state index in [0.29, 0.717) is 36.1 Å². The van der Waals surface area contributed by atoms with Crippen LogP contribution in [0.2, 0.25) is 0 Å². The summed E-state index contributed by atoms with van der Waals surface area (Å²) in [6, 6.07) is 12.7. The summed E-state index contributed by atoms with van der Waals surface area (Å²) in [5.41, 5.74) is -2.96. The van der Waals surface area contributed by atoms with Crippen LogP contribution in [-0.2, 0) is 23.0 Å². The first-order valence-corrected chi connectivity index (χ1v) is 13.0. The third-order valence-corrected chi connectivity index (χ3v) is 6.19. The molecule has 0 aliphatic carbocycles. The van der Waals surface area contributed by atoms with Crippen molar-refractivity contribution in [2.45, 2.75) is 70.7 Å². The van der Waals surface area contributed by atoms with Crippen molar-refractivity contribution in [3.63, 3.8) is 0 Å². The maximum absolute atomic E-state index is 13.1. The monoisotopic (exact) mass is 495 g/mol. The number of hydrogen-bond donors (Lipinski definition) is 1. The second kappa shape index (κ2) is 13.3. The van der Waals surface area contributed by atoms with E-state index in [-0.39, 0.29) is 12.3 Å². The highest BCUT2D eigenvalue weighted by molar-refractivity contribution is 7.88. The molecule has 8 heteroatoms. The predicted octanol–water partition coefficient (Wildman–Crippen LogP) is 6.84. The molecule has 0 aromatic heterocycles. The Kier molecular flexibility index (Phi) is 10.8. The average Bonchev–Trinajstić information content (AvgIpc) is 2.79. The zero-order valence-electron chi connectivity index (χ0n) is 19.7. The molecule has 4 nitrogen and oxygen atoms in total. The third kappa shape index (κ3) is 8.60. The number of benzene rings is 2. The fourth-order valence-electron chi connectivity index (χ4n) is 3.42. The fraction of sp³-hybridized carbons (Fsp3) is 0.462. The van der Waals surface area contributed by atoms with Crippen molar-refractivity contribution in [1.29, 1.82) is 0 Å². The molecular weight excluding hydrogens is 463 g/mol. The highest BCUT2D eigenvalue weighted by Crippen LogP contribution is 2.35. The lowest BCUT2D eigenvalue weighted by molar-refractivity contribution is -0.0500. The minimum atomic E-state index is -5.78. The van der Waals surface area contributed by atoms with E-state index in [9.17, 15) is 21.6 Å². The van der Waals surface area contributed by atoms with Gasteiger partial charge < -0.3 is 9.50 Å². The molecule has 0 unspecified atom stereocenters. The minimum absolute atomic E-state index is 0.250. The van der Waals surface area contributed by atoms with Crippen molar-refractivity contribution in [2.75, 3.05) is 11.9 Å². The van der Waals surface area contributed by atoms with Crippen LogP contribution >= 0.6 is 0 Å². The number of hydrogen-bond acceptors (Lipinski definition) is 4. The van der Waals surface area contributed by atoms with E-state index in [4.69, 9.17) is 0 Å². The van der Waals surface area contributed by atoms with Crippen LogP contribution in [0.25, 0.3) is 0 Å². The van der Waals surface area contributed by atoms with E-state index in [1.807, 2.05) is 43.3 Å². The van der Waals surface area contributed by atoms with Crippen molar-refractivity contribution in [3.8, 4) is 17.6 Å². The zero-order chi connectivity index (χ0) is 25.0. The molecule has 0 atom stereocenters. The number of alkyl halides is 3. The molecule has 2 aromatic rings.